The molecule has 2 fully saturated rings. The third-order valence-corrected chi connectivity index (χ3v) is 6.94. The van der Waals surface area contributed by atoms with Crippen molar-refractivity contribution < 1.29 is 14.7 Å². The summed E-state index contributed by atoms with van der Waals surface area (Å²) in [5, 5.41) is 16.2. The highest BCUT2D eigenvalue weighted by atomic mass is 16.3. The summed E-state index contributed by atoms with van der Waals surface area (Å²) in [4.78, 5) is 25.2. The minimum absolute atomic E-state index is 0.0610. The van der Waals surface area contributed by atoms with Crippen LogP contribution in [-0.4, -0.2) is 23.0 Å². The largest absolute Gasteiger partial charge is 0.511 e. The molecule has 1 aliphatic heterocycles. The molecule has 5 heteroatoms. The number of nitrogens with one attached hydrogen (secondary N) is 2. The average molecular weight is 397 g/mol. The molecule has 0 spiro atoms. The van der Waals surface area contributed by atoms with E-state index in [1.165, 1.54) is 56.9 Å². The second-order valence-corrected chi connectivity index (χ2v) is 8.91. The maximum Gasteiger partial charge on any atom is 0.264 e. The molecule has 1 unspecified atom stereocenters. The van der Waals surface area contributed by atoms with Gasteiger partial charge in [-0.05, 0) is 55.2 Å². The van der Waals surface area contributed by atoms with Gasteiger partial charge < -0.3 is 15.7 Å². The Kier molecular flexibility index (Phi) is 6.22. The van der Waals surface area contributed by atoms with E-state index in [1.807, 2.05) is 12.1 Å². The number of rotatable bonds is 4. The minimum Gasteiger partial charge on any atom is -0.511 e. The molecule has 2 amide bonds. The van der Waals surface area contributed by atoms with E-state index in [1.54, 1.807) is 0 Å². The monoisotopic (exact) mass is 396 g/mol. The zero-order valence-corrected chi connectivity index (χ0v) is 17.1. The van der Waals surface area contributed by atoms with Crippen LogP contribution in [0.4, 0.5) is 5.69 Å². The predicted molar refractivity (Wildman–Crippen MR) is 114 cm³/mol. The first kappa shape index (κ1) is 20.0. The molecule has 3 aliphatic rings. The second kappa shape index (κ2) is 9.02. The van der Waals surface area contributed by atoms with E-state index >= 15 is 0 Å². The number of amides is 2. The van der Waals surface area contributed by atoms with Gasteiger partial charge in [-0.15, -0.1) is 0 Å². The van der Waals surface area contributed by atoms with Gasteiger partial charge in [0.1, 0.15) is 11.3 Å². The molecule has 1 aromatic carbocycles. The highest BCUT2D eigenvalue weighted by Gasteiger charge is 2.35. The normalized spacial score (nSPS) is 24.3. The molecule has 2 saturated carbocycles. The molecule has 0 bridgehead atoms. The van der Waals surface area contributed by atoms with Gasteiger partial charge >= 0.3 is 0 Å². The summed E-state index contributed by atoms with van der Waals surface area (Å²) in [6, 6.07) is 7.87. The maximum absolute atomic E-state index is 12.7. The van der Waals surface area contributed by atoms with Crippen molar-refractivity contribution in [1.29, 1.82) is 0 Å². The predicted octanol–water partition coefficient (Wildman–Crippen LogP) is 4.95. The zero-order valence-electron chi connectivity index (χ0n) is 17.1. The standard InChI is InChI=1S/C24H32N2O3/c27-21-15-20(18-9-5-2-6-10-18)26-24(29)22(21)23(28)25-19-13-11-17(12-14-19)16-7-3-1-4-8-16/h11-14,16,18,20,27H,1-10,15H2,(H,25,28)(H,26,29). The molecule has 2 aliphatic carbocycles. The lowest BCUT2D eigenvalue weighted by molar-refractivity contribution is -0.123. The van der Waals surface area contributed by atoms with Crippen LogP contribution < -0.4 is 10.6 Å². The summed E-state index contributed by atoms with van der Waals surface area (Å²) in [7, 11) is 0. The van der Waals surface area contributed by atoms with Crippen molar-refractivity contribution in [1.82, 2.24) is 5.32 Å². The lowest BCUT2D eigenvalue weighted by atomic mass is 9.81. The van der Waals surface area contributed by atoms with Gasteiger partial charge in [0.2, 0.25) is 0 Å². The molecule has 156 valence electrons. The van der Waals surface area contributed by atoms with E-state index in [0.29, 0.717) is 23.9 Å². The Labute approximate surface area is 173 Å². The van der Waals surface area contributed by atoms with Crippen LogP contribution in [0.3, 0.4) is 0 Å². The molecule has 0 saturated heterocycles. The number of carbonyl (C=O) groups excluding carboxylic acids is 2. The summed E-state index contributed by atoms with van der Waals surface area (Å²) in [5.74, 6) is -0.0679. The molecule has 1 aromatic rings. The fourth-order valence-electron chi connectivity index (χ4n) is 5.26. The topological polar surface area (TPSA) is 78.4 Å². The molecule has 4 rings (SSSR count). The Bertz CT molecular complexity index is 772. The quantitative estimate of drug-likeness (QED) is 0.630. The summed E-state index contributed by atoms with van der Waals surface area (Å²) < 4.78 is 0. The average Bonchev–Trinajstić information content (AvgIpc) is 2.75. The number of hydrogen-bond acceptors (Lipinski definition) is 3. The summed E-state index contributed by atoms with van der Waals surface area (Å²) >= 11 is 0. The van der Waals surface area contributed by atoms with Gasteiger partial charge in [0.25, 0.3) is 11.8 Å². The molecule has 1 atom stereocenters. The van der Waals surface area contributed by atoms with Gasteiger partial charge in [0, 0.05) is 18.2 Å². The lowest BCUT2D eigenvalue weighted by Gasteiger charge is -2.33. The van der Waals surface area contributed by atoms with Gasteiger partial charge in [-0.1, -0.05) is 50.7 Å². The van der Waals surface area contributed by atoms with Crippen molar-refractivity contribution in [2.75, 3.05) is 5.32 Å². The van der Waals surface area contributed by atoms with Gasteiger partial charge in [0.05, 0.1) is 0 Å². The Morgan fingerprint density at radius 2 is 1.55 bits per heavy atom. The first-order chi connectivity index (χ1) is 14.1. The number of benzene rings is 1. The van der Waals surface area contributed by atoms with Crippen molar-refractivity contribution >= 4 is 17.5 Å². The first-order valence-corrected chi connectivity index (χ1v) is 11.3. The second-order valence-electron chi connectivity index (χ2n) is 8.91. The fourth-order valence-corrected chi connectivity index (χ4v) is 5.26. The summed E-state index contributed by atoms with van der Waals surface area (Å²) in [5.41, 5.74) is 1.82. The van der Waals surface area contributed by atoms with Crippen molar-refractivity contribution in [3.05, 3.63) is 41.2 Å². The summed E-state index contributed by atoms with van der Waals surface area (Å²) in [6.07, 6.45) is 12.4. The van der Waals surface area contributed by atoms with Crippen LogP contribution in [0.1, 0.15) is 82.1 Å². The van der Waals surface area contributed by atoms with Gasteiger partial charge in [-0.25, -0.2) is 0 Å². The van der Waals surface area contributed by atoms with E-state index < -0.39 is 11.8 Å². The fraction of sp³-hybridized carbons (Fsp3) is 0.583. The smallest absolute Gasteiger partial charge is 0.264 e. The first-order valence-electron chi connectivity index (χ1n) is 11.3. The molecule has 0 aromatic heterocycles. The number of hydrogen-bond donors (Lipinski definition) is 3. The van der Waals surface area contributed by atoms with Crippen molar-refractivity contribution in [3.8, 4) is 0 Å². The van der Waals surface area contributed by atoms with E-state index in [0.717, 1.165) is 12.8 Å². The third kappa shape index (κ3) is 4.65. The highest BCUT2D eigenvalue weighted by molar-refractivity contribution is 6.23. The summed E-state index contributed by atoms with van der Waals surface area (Å²) in [6.45, 7) is 0. The molecule has 1 heterocycles. The number of anilines is 1. The van der Waals surface area contributed by atoms with E-state index in [2.05, 4.69) is 22.8 Å². The van der Waals surface area contributed by atoms with Crippen LogP contribution in [0.5, 0.6) is 0 Å². The Morgan fingerprint density at radius 1 is 0.931 bits per heavy atom. The molecule has 5 nitrogen and oxygen atoms in total. The highest BCUT2D eigenvalue weighted by Crippen LogP contribution is 2.33. The molecule has 3 N–H and O–H groups in total. The number of carbonyl (C=O) groups is 2. The van der Waals surface area contributed by atoms with Crippen molar-refractivity contribution in [2.45, 2.75) is 82.6 Å². The zero-order chi connectivity index (χ0) is 20.2. The van der Waals surface area contributed by atoms with Crippen LogP contribution in [0.25, 0.3) is 0 Å². The van der Waals surface area contributed by atoms with Crippen LogP contribution in [0.2, 0.25) is 0 Å². The van der Waals surface area contributed by atoms with Gasteiger partial charge in [0.15, 0.2) is 0 Å². The Balaban J connectivity index is 1.40. The number of aliphatic hydroxyl groups excluding tert-OH is 1. The van der Waals surface area contributed by atoms with Crippen LogP contribution in [0.15, 0.2) is 35.6 Å². The lowest BCUT2D eigenvalue weighted by Crippen LogP contribution is -2.47. The third-order valence-electron chi connectivity index (χ3n) is 6.94. The van der Waals surface area contributed by atoms with E-state index in [9.17, 15) is 14.7 Å². The van der Waals surface area contributed by atoms with Crippen molar-refractivity contribution in [3.63, 3.8) is 0 Å². The van der Waals surface area contributed by atoms with Crippen LogP contribution in [-0.2, 0) is 9.59 Å². The Hall–Kier alpha value is -2.30. The van der Waals surface area contributed by atoms with Crippen LogP contribution in [0, 0.1) is 5.92 Å². The van der Waals surface area contributed by atoms with E-state index in [-0.39, 0.29) is 17.4 Å². The van der Waals surface area contributed by atoms with Crippen molar-refractivity contribution in [2.24, 2.45) is 5.92 Å². The van der Waals surface area contributed by atoms with E-state index in [4.69, 9.17) is 0 Å². The number of aliphatic hydroxyl groups is 1. The molecule has 29 heavy (non-hydrogen) atoms. The maximum atomic E-state index is 12.7. The van der Waals surface area contributed by atoms with Crippen LogP contribution >= 0.6 is 0 Å². The SMILES string of the molecule is O=C(Nc1ccc(C2CCCCC2)cc1)C1=C(O)CC(C2CCCCC2)NC1=O. The minimum atomic E-state index is -0.535. The Morgan fingerprint density at radius 3 is 2.17 bits per heavy atom. The molecular weight excluding hydrogens is 364 g/mol. The van der Waals surface area contributed by atoms with Gasteiger partial charge in [-0.3, -0.25) is 9.59 Å². The molecular formula is C24H32N2O3. The molecule has 0 radical (unpaired) electrons. The van der Waals surface area contributed by atoms with Gasteiger partial charge in [-0.2, -0.15) is 0 Å².